The largest absolute Gasteiger partial charge is 0.494 e. The van der Waals surface area contributed by atoms with Gasteiger partial charge >= 0.3 is 5.97 Å². The Kier molecular flexibility index (Phi) is 5.86. The van der Waals surface area contributed by atoms with Gasteiger partial charge in [-0.05, 0) is 50.1 Å². The molecule has 0 saturated carbocycles. The van der Waals surface area contributed by atoms with Crippen LogP contribution < -0.4 is 10.3 Å². The quantitative estimate of drug-likeness (QED) is 0.418. The highest BCUT2D eigenvalue weighted by Crippen LogP contribution is 2.31. The summed E-state index contributed by atoms with van der Waals surface area (Å²) in [6, 6.07) is 14.4. The van der Waals surface area contributed by atoms with E-state index in [2.05, 4.69) is 4.98 Å². The molecule has 158 valence electrons. The molecule has 4 rings (SSSR count). The van der Waals surface area contributed by atoms with Crippen molar-refractivity contribution in [2.75, 3.05) is 6.61 Å². The topological polar surface area (TPSA) is 81.4 Å². The first-order valence-electron chi connectivity index (χ1n) is 9.96. The van der Waals surface area contributed by atoms with Crippen LogP contribution in [0.3, 0.4) is 0 Å². The van der Waals surface area contributed by atoms with E-state index in [1.165, 1.54) is 29.0 Å². The van der Waals surface area contributed by atoms with Crippen molar-refractivity contribution < 1.29 is 14.6 Å². The second-order valence-corrected chi connectivity index (χ2v) is 8.20. The van der Waals surface area contributed by atoms with Crippen molar-refractivity contribution in [3.63, 3.8) is 0 Å². The fourth-order valence-electron chi connectivity index (χ4n) is 3.44. The Labute approximate surface area is 183 Å². The van der Waals surface area contributed by atoms with Crippen molar-refractivity contribution in [3.05, 3.63) is 81.2 Å². The van der Waals surface area contributed by atoms with Gasteiger partial charge in [0.1, 0.15) is 16.4 Å². The summed E-state index contributed by atoms with van der Waals surface area (Å²) in [6.07, 6.45) is 0.624. The van der Waals surface area contributed by atoms with Crippen molar-refractivity contribution >= 4 is 27.5 Å². The fraction of sp³-hybridized carbons (Fsp3) is 0.208. The van der Waals surface area contributed by atoms with E-state index in [9.17, 15) is 9.59 Å². The molecule has 2 heterocycles. The summed E-state index contributed by atoms with van der Waals surface area (Å²) in [6.45, 7) is 4.78. The second-order valence-electron chi connectivity index (χ2n) is 7.34. The number of aromatic nitrogens is 2. The maximum absolute atomic E-state index is 13.3. The number of carbonyl (C=O) groups is 1. The summed E-state index contributed by atoms with van der Waals surface area (Å²) in [4.78, 5) is 29.6. The first kappa shape index (κ1) is 20.8. The SMILES string of the molecule is Cc1ccc(-c2csc3nc(C)n(CCCOc4ccc(C(=O)O)cc4)c(=O)c23)cc1. The summed E-state index contributed by atoms with van der Waals surface area (Å²) in [5.74, 6) is 0.311. The standard InChI is InChI=1S/C24H22N2O4S/c1-15-4-6-17(7-5-15)20-14-31-22-21(20)23(27)26(16(2)25-22)12-3-13-30-19-10-8-18(9-11-19)24(28)29/h4-11,14H,3,12-13H2,1-2H3,(H,28,29). The van der Waals surface area contributed by atoms with Crippen LogP contribution in [-0.2, 0) is 6.54 Å². The van der Waals surface area contributed by atoms with Gasteiger partial charge in [0, 0.05) is 17.5 Å². The molecule has 0 amide bonds. The molecule has 0 spiro atoms. The Morgan fingerprint density at radius 3 is 2.48 bits per heavy atom. The zero-order chi connectivity index (χ0) is 22.0. The van der Waals surface area contributed by atoms with Crippen molar-refractivity contribution in [2.45, 2.75) is 26.8 Å². The van der Waals surface area contributed by atoms with Crippen molar-refractivity contribution in [1.29, 1.82) is 0 Å². The lowest BCUT2D eigenvalue weighted by Crippen LogP contribution is -2.24. The van der Waals surface area contributed by atoms with E-state index in [1.807, 2.05) is 43.5 Å². The Morgan fingerprint density at radius 2 is 1.81 bits per heavy atom. The average Bonchev–Trinajstić information content (AvgIpc) is 3.17. The van der Waals surface area contributed by atoms with E-state index in [0.29, 0.717) is 36.5 Å². The zero-order valence-corrected chi connectivity index (χ0v) is 18.1. The van der Waals surface area contributed by atoms with Crippen molar-refractivity contribution in [1.82, 2.24) is 9.55 Å². The Bertz CT molecular complexity index is 1290. The number of thiophene rings is 1. The predicted molar refractivity (Wildman–Crippen MR) is 122 cm³/mol. The Morgan fingerprint density at radius 1 is 1.10 bits per heavy atom. The number of hydrogen-bond acceptors (Lipinski definition) is 5. The third-order valence-corrected chi connectivity index (χ3v) is 6.02. The zero-order valence-electron chi connectivity index (χ0n) is 17.3. The normalized spacial score (nSPS) is 11.0. The van der Waals surface area contributed by atoms with Gasteiger partial charge in [-0.1, -0.05) is 29.8 Å². The molecule has 31 heavy (non-hydrogen) atoms. The maximum Gasteiger partial charge on any atom is 0.335 e. The van der Waals surface area contributed by atoms with Crippen molar-refractivity contribution in [3.8, 4) is 16.9 Å². The molecule has 0 fully saturated rings. The second kappa shape index (κ2) is 8.73. The van der Waals surface area contributed by atoms with Gasteiger partial charge in [-0.25, -0.2) is 9.78 Å². The molecular weight excluding hydrogens is 412 g/mol. The third-order valence-electron chi connectivity index (χ3n) is 5.14. The molecule has 6 nitrogen and oxygen atoms in total. The number of nitrogens with zero attached hydrogens (tertiary/aromatic N) is 2. The lowest BCUT2D eigenvalue weighted by molar-refractivity contribution is 0.0697. The van der Waals surface area contributed by atoms with Gasteiger partial charge in [-0.2, -0.15) is 0 Å². The van der Waals surface area contributed by atoms with Gasteiger partial charge in [0.15, 0.2) is 0 Å². The molecule has 2 aromatic carbocycles. The van der Waals surface area contributed by atoms with E-state index in [4.69, 9.17) is 9.84 Å². The van der Waals surface area contributed by atoms with E-state index < -0.39 is 5.97 Å². The molecule has 0 aliphatic carbocycles. The number of rotatable bonds is 7. The van der Waals surface area contributed by atoms with Crippen LogP contribution in [0.15, 0.2) is 58.7 Å². The Balaban J connectivity index is 1.51. The van der Waals surface area contributed by atoms with Crippen LogP contribution in [0.2, 0.25) is 0 Å². The molecule has 0 aliphatic heterocycles. The van der Waals surface area contributed by atoms with Gasteiger partial charge < -0.3 is 9.84 Å². The molecule has 0 unspecified atom stereocenters. The van der Waals surface area contributed by atoms with E-state index >= 15 is 0 Å². The van der Waals surface area contributed by atoms with Gasteiger partial charge in [0.25, 0.3) is 5.56 Å². The highest BCUT2D eigenvalue weighted by atomic mass is 32.1. The summed E-state index contributed by atoms with van der Waals surface area (Å²) in [7, 11) is 0. The van der Waals surface area contributed by atoms with Gasteiger partial charge in [-0.3, -0.25) is 9.36 Å². The van der Waals surface area contributed by atoms with Gasteiger partial charge in [0.05, 0.1) is 17.6 Å². The first-order chi connectivity index (χ1) is 14.9. The molecular formula is C24H22N2O4S. The number of carboxylic acid groups (broad SMARTS) is 1. The van der Waals surface area contributed by atoms with Crippen LogP contribution >= 0.6 is 11.3 Å². The van der Waals surface area contributed by atoms with Crippen LogP contribution in [-0.4, -0.2) is 27.2 Å². The number of aryl methyl sites for hydroxylation is 2. The minimum absolute atomic E-state index is 0.0369. The van der Waals surface area contributed by atoms with Crippen LogP contribution in [0, 0.1) is 13.8 Å². The number of benzene rings is 2. The molecule has 0 saturated heterocycles. The molecule has 0 atom stereocenters. The number of aromatic carboxylic acids is 1. The maximum atomic E-state index is 13.3. The number of carboxylic acids is 1. The summed E-state index contributed by atoms with van der Waals surface area (Å²) in [5.41, 5.74) is 3.28. The molecule has 0 radical (unpaired) electrons. The van der Waals surface area contributed by atoms with E-state index in [0.717, 1.165) is 16.0 Å². The van der Waals surface area contributed by atoms with Crippen LogP contribution in [0.5, 0.6) is 5.75 Å². The Hall–Kier alpha value is -3.45. The minimum Gasteiger partial charge on any atom is -0.494 e. The molecule has 4 aromatic rings. The number of ether oxygens (including phenoxy) is 1. The molecule has 1 N–H and O–H groups in total. The highest BCUT2D eigenvalue weighted by Gasteiger charge is 2.15. The third kappa shape index (κ3) is 4.36. The molecule has 2 aromatic heterocycles. The van der Waals surface area contributed by atoms with Crippen LogP contribution in [0.4, 0.5) is 0 Å². The highest BCUT2D eigenvalue weighted by molar-refractivity contribution is 7.17. The van der Waals surface area contributed by atoms with Gasteiger partial charge in [0.2, 0.25) is 0 Å². The molecule has 7 heteroatoms. The number of fused-ring (bicyclic) bond motifs is 1. The van der Waals surface area contributed by atoms with Crippen LogP contribution in [0.25, 0.3) is 21.3 Å². The minimum atomic E-state index is -0.970. The van der Waals surface area contributed by atoms with E-state index in [-0.39, 0.29) is 11.1 Å². The predicted octanol–water partition coefficient (Wildman–Crippen LogP) is 4.91. The molecule has 0 bridgehead atoms. The lowest BCUT2D eigenvalue weighted by atomic mass is 10.1. The van der Waals surface area contributed by atoms with Gasteiger partial charge in [-0.15, -0.1) is 11.3 Å². The smallest absolute Gasteiger partial charge is 0.335 e. The summed E-state index contributed by atoms with van der Waals surface area (Å²) in [5, 5.41) is 11.6. The molecule has 0 aliphatic rings. The van der Waals surface area contributed by atoms with Crippen LogP contribution in [0.1, 0.15) is 28.2 Å². The fourth-order valence-corrected chi connectivity index (χ4v) is 4.42. The summed E-state index contributed by atoms with van der Waals surface area (Å²) >= 11 is 1.49. The van der Waals surface area contributed by atoms with Crippen molar-refractivity contribution in [2.24, 2.45) is 0 Å². The van der Waals surface area contributed by atoms with E-state index in [1.54, 1.807) is 16.7 Å². The lowest BCUT2D eigenvalue weighted by Gasteiger charge is -2.11. The first-order valence-corrected chi connectivity index (χ1v) is 10.8. The average molecular weight is 435 g/mol. The monoisotopic (exact) mass is 434 g/mol. The summed E-state index contributed by atoms with van der Waals surface area (Å²) < 4.78 is 7.39. The number of hydrogen-bond donors (Lipinski definition) is 1.